The van der Waals surface area contributed by atoms with Gasteiger partial charge in [-0.25, -0.2) is 9.78 Å². The minimum atomic E-state index is -3.17. The summed E-state index contributed by atoms with van der Waals surface area (Å²) in [7, 11) is 0. The molecule has 0 radical (unpaired) electrons. The number of alkyl halides is 2. The third-order valence-corrected chi connectivity index (χ3v) is 7.38. The first-order chi connectivity index (χ1) is 21.2. The smallest absolute Gasteiger partial charge is 0.387 e. The van der Waals surface area contributed by atoms with Gasteiger partial charge >= 0.3 is 12.6 Å². The van der Waals surface area contributed by atoms with E-state index in [1.54, 1.807) is 23.6 Å². The summed E-state index contributed by atoms with van der Waals surface area (Å²) >= 11 is 7.63. The second-order valence-corrected chi connectivity index (χ2v) is 13.4. The Morgan fingerprint density at radius 1 is 1.00 bits per heavy atom. The number of aromatic nitrogens is 2. The van der Waals surface area contributed by atoms with Crippen LogP contribution in [0.15, 0.2) is 66.2 Å². The number of thiophene rings is 1. The molecule has 4 rings (SSSR count). The maximum atomic E-state index is 13.3. The number of ether oxygens (including phenoxy) is 2. The second kappa shape index (κ2) is 14.2. The summed E-state index contributed by atoms with van der Waals surface area (Å²) in [6.07, 6.45) is 2.08. The zero-order valence-electron chi connectivity index (χ0n) is 25.4. The van der Waals surface area contributed by atoms with E-state index in [9.17, 15) is 18.4 Å². The molecule has 3 N–H and O–H groups in total. The van der Waals surface area contributed by atoms with E-state index in [4.69, 9.17) is 16.3 Å². The Kier molecular flexibility index (Phi) is 10.6. The van der Waals surface area contributed by atoms with Crippen molar-refractivity contribution in [2.24, 2.45) is 5.41 Å². The molecule has 2 heterocycles. The molecule has 0 spiro atoms. The van der Waals surface area contributed by atoms with Gasteiger partial charge in [0.05, 0.1) is 23.1 Å². The van der Waals surface area contributed by atoms with Crippen molar-refractivity contribution in [2.75, 3.05) is 10.6 Å². The quantitative estimate of drug-likeness (QED) is 0.130. The molecule has 0 saturated carbocycles. The van der Waals surface area contributed by atoms with Gasteiger partial charge in [-0.15, -0.1) is 11.3 Å². The summed E-state index contributed by atoms with van der Waals surface area (Å²) in [6, 6.07) is 14.7. The number of carbonyl (C=O) groups excluding carboxylic acids is 2. The van der Waals surface area contributed by atoms with E-state index in [0.717, 1.165) is 18.1 Å². The topological polar surface area (TPSA) is 114 Å². The number of nitrogens with one attached hydrogen (secondary N) is 3. The lowest BCUT2D eigenvalue weighted by Crippen LogP contribution is -2.45. The van der Waals surface area contributed by atoms with Crippen LogP contribution in [0.4, 0.5) is 31.9 Å². The summed E-state index contributed by atoms with van der Waals surface area (Å²) in [5, 5.41) is 10.9. The van der Waals surface area contributed by atoms with E-state index in [1.165, 1.54) is 29.7 Å². The normalized spacial score (nSPS) is 11.7. The molecule has 0 aliphatic heterocycles. The zero-order valence-corrected chi connectivity index (χ0v) is 27.0. The Balaban J connectivity index is 1.51. The summed E-state index contributed by atoms with van der Waals surface area (Å²) < 4.78 is 36.6. The van der Waals surface area contributed by atoms with Crippen LogP contribution in [-0.2, 0) is 11.3 Å². The van der Waals surface area contributed by atoms with Gasteiger partial charge in [-0.2, -0.15) is 13.8 Å². The number of hydrogen-bond acceptors (Lipinski definition) is 9. The number of carbonyl (C=O) groups is 2. The maximum absolute atomic E-state index is 13.3. The molecule has 0 aliphatic rings. The Bertz CT molecular complexity index is 1640. The molecule has 2 aromatic heterocycles. The largest absolute Gasteiger partial charge is 0.457 e. The van der Waals surface area contributed by atoms with Crippen LogP contribution in [0.1, 0.15) is 66.6 Å². The molecule has 0 saturated heterocycles. The third-order valence-electron chi connectivity index (χ3n) is 6.19. The fraction of sp³-hybridized carbons (Fsp3) is 0.312. The second-order valence-electron chi connectivity index (χ2n) is 12.0. The number of benzene rings is 2. The summed E-state index contributed by atoms with van der Waals surface area (Å²) in [4.78, 5) is 34.8. The molecular formula is C32H34ClF2N5O4S. The van der Waals surface area contributed by atoms with Crippen LogP contribution >= 0.6 is 22.9 Å². The molecule has 2 aromatic carbocycles. The van der Waals surface area contributed by atoms with Crippen molar-refractivity contribution in [1.82, 2.24) is 15.3 Å². The lowest BCUT2D eigenvalue weighted by atomic mass is 9.82. The number of rotatable bonds is 12. The number of esters is 1. The Morgan fingerprint density at radius 2 is 1.73 bits per heavy atom. The molecular weight excluding hydrogens is 624 g/mol. The highest BCUT2D eigenvalue weighted by atomic mass is 35.5. The van der Waals surface area contributed by atoms with Gasteiger partial charge in [0.25, 0.3) is 5.91 Å². The van der Waals surface area contributed by atoms with Crippen molar-refractivity contribution in [3.63, 3.8) is 0 Å². The SMILES string of the molecule is CC(C)(C)CC(C)(C)NC(=O)c1sccc1Nc1nc(Nc2ccc(C(=O)OCc3ccccc3)cc2OC(F)F)ncc1Cl. The van der Waals surface area contributed by atoms with Crippen LogP contribution in [0.3, 0.4) is 0 Å². The molecule has 238 valence electrons. The molecule has 0 atom stereocenters. The van der Waals surface area contributed by atoms with Gasteiger partial charge in [0, 0.05) is 5.54 Å². The number of nitrogens with zero attached hydrogens (tertiary/aromatic N) is 2. The maximum Gasteiger partial charge on any atom is 0.387 e. The lowest BCUT2D eigenvalue weighted by Gasteiger charge is -2.33. The highest BCUT2D eigenvalue weighted by Crippen LogP contribution is 2.33. The first-order valence-corrected chi connectivity index (χ1v) is 15.2. The highest BCUT2D eigenvalue weighted by molar-refractivity contribution is 7.12. The predicted octanol–water partition coefficient (Wildman–Crippen LogP) is 8.58. The standard InChI is InChI=1S/C32H34ClF2N5O4S/c1-31(2,3)18-32(4,5)40-27(41)25-23(13-14-45-25)37-26-21(33)16-36-30(39-26)38-22-12-11-20(15-24(22)44-29(34)35)28(42)43-17-19-9-7-6-8-10-19/h6-16,29H,17-18H2,1-5H3,(H,40,41)(H2,36,37,38,39). The average molecular weight is 658 g/mol. The summed E-state index contributed by atoms with van der Waals surface area (Å²) in [5.41, 5.74) is 0.900. The Morgan fingerprint density at radius 3 is 2.42 bits per heavy atom. The minimum Gasteiger partial charge on any atom is -0.457 e. The van der Waals surface area contributed by atoms with Gasteiger partial charge in [0.1, 0.15) is 22.3 Å². The van der Waals surface area contributed by atoms with Gasteiger partial charge in [-0.1, -0.05) is 62.7 Å². The monoisotopic (exact) mass is 657 g/mol. The van der Waals surface area contributed by atoms with Crippen molar-refractivity contribution in [3.05, 3.63) is 87.2 Å². The molecule has 4 aromatic rings. The van der Waals surface area contributed by atoms with Crippen LogP contribution in [0, 0.1) is 5.41 Å². The molecule has 0 bridgehead atoms. The summed E-state index contributed by atoms with van der Waals surface area (Å²) in [6.45, 7) is 7.13. The lowest BCUT2D eigenvalue weighted by molar-refractivity contribution is -0.0494. The zero-order chi connectivity index (χ0) is 32.8. The fourth-order valence-electron chi connectivity index (χ4n) is 4.83. The first kappa shape index (κ1) is 33.6. The number of amides is 1. The van der Waals surface area contributed by atoms with Crippen LogP contribution < -0.4 is 20.7 Å². The van der Waals surface area contributed by atoms with Crippen molar-refractivity contribution < 1.29 is 27.8 Å². The van der Waals surface area contributed by atoms with E-state index < -0.39 is 18.1 Å². The van der Waals surface area contributed by atoms with Crippen LogP contribution in [0.5, 0.6) is 5.75 Å². The van der Waals surface area contributed by atoms with Crippen molar-refractivity contribution in [1.29, 1.82) is 0 Å². The molecule has 13 heteroatoms. The van der Waals surface area contributed by atoms with E-state index in [2.05, 4.69) is 51.4 Å². The molecule has 0 aliphatic carbocycles. The highest BCUT2D eigenvalue weighted by Gasteiger charge is 2.29. The van der Waals surface area contributed by atoms with Crippen molar-refractivity contribution in [3.8, 4) is 5.75 Å². The number of halogens is 3. The van der Waals surface area contributed by atoms with E-state index >= 15 is 0 Å². The number of hydrogen-bond donors (Lipinski definition) is 3. The van der Waals surface area contributed by atoms with Crippen LogP contribution in [-0.4, -0.2) is 34.0 Å². The summed E-state index contributed by atoms with van der Waals surface area (Å²) in [5.74, 6) is -1.11. The minimum absolute atomic E-state index is 0.00652. The van der Waals surface area contributed by atoms with Crippen molar-refractivity contribution in [2.45, 2.75) is 59.8 Å². The molecule has 0 unspecified atom stereocenters. The van der Waals surface area contributed by atoms with Gasteiger partial charge in [-0.3, -0.25) is 4.79 Å². The van der Waals surface area contributed by atoms with E-state index in [0.29, 0.717) is 10.6 Å². The van der Waals surface area contributed by atoms with Gasteiger partial charge in [0.15, 0.2) is 5.82 Å². The average Bonchev–Trinajstić information content (AvgIpc) is 3.41. The van der Waals surface area contributed by atoms with Gasteiger partial charge in [0.2, 0.25) is 5.95 Å². The Labute approximate surface area is 269 Å². The Hall–Kier alpha value is -4.29. The molecule has 45 heavy (non-hydrogen) atoms. The number of anilines is 4. The third kappa shape index (κ3) is 9.85. The first-order valence-electron chi connectivity index (χ1n) is 14.0. The van der Waals surface area contributed by atoms with Gasteiger partial charge < -0.3 is 25.4 Å². The van der Waals surface area contributed by atoms with Crippen molar-refractivity contribution >= 4 is 58.0 Å². The molecule has 0 fully saturated rings. The van der Waals surface area contributed by atoms with E-state index in [1.807, 2.05) is 32.0 Å². The fourth-order valence-corrected chi connectivity index (χ4v) is 5.72. The van der Waals surface area contributed by atoms with E-state index in [-0.39, 0.29) is 51.7 Å². The predicted molar refractivity (Wildman–Crippen MR) is 172 cm³/mol. The van der Waals surface area contributed by atoms with Gasteiger partial charge in [-0.05, 0) is 60.9 Å². The van der Waals surface area contributed by atoms with Crippen LogP contribution in [0.25, 0.3) is 0 Å². The van der Waals surface area contributed by atoms with Crippen LogP contribution in [0.2, 0.25) is 5.02 Å². The molecule has 1 amide bonds. The molecule has 9 nitrogen and oxygen atoms in total.